The topological polar surface area (TPSA) is 92.3 Å². The zero-order valence-electron chi connectivity index (χ0n) is 13.7. The number of ether oxygens (including phenoxy) is 5. The molecule has 0 bridgehead atoms. The van der Waals surface area contributed by atoms with Gasteiger partial charge in [0.1, 0.15) is 5.92 Å². The van der Waals surface area contributed by atoms with Gasteiger partial charge in [-0.2, -0.15) is 0 Å². The normalized spacial score (nSPS) is 21.4. The monoisotopic (exact) mass is 337 g/mol. The van der Waals surface area contributed by atoms with E-state index in [2.05, 4.69) is 5.32 Å². The molecule has 3 rings (SSSR count). The number of nitrogens with one attached hydrogen (secondary N) is 1. The van der Waals surface area contributed by atoms with Crippen LogP contribution in [0.5, 0.6) is 23.0 Å². The first-order chi connectivity index (χ1) is 11.6. The molecule has 1 fully saturated rings. The third kappa shape index (κ3) is 2.47. The summed E-state index contributed by atoms with van der Waals surface area (Å²) in [5, 5.41) is 2.71. The van der Waals surface area contributed by atoms with E-state index < -0.39 is 17.8 Å². The number of hydrogen-bond donors (Lipinski definition) is 1. The van der Waals surface area contributed by atoms with Crippen LogP contribution in [0.15, 0.2) is 6.07 Å². The van der Waals surface area contributed by atoms with Gasteiger partial charge >= 0.3 is 5.97 Å². The Hall–Kier alpha value is -2.64. The molecule has 1 aromatic rings. The Morgan fingerprint density at radius 3 is 2.71 bits per heavy atom. The highest BCUT2D eigenvalue weighted by Crippen LogP contribution is 2.52. The maximum Gasteiger partial charge on any atom is 0.319 e. The van der Waals surface area contributed by atoms with Gasteiger partial charge in [0, 0.05) is 18.0 Å². The van der Waals surface area contributed by atoms with Gasteiger partial charge in [-0.3, -0.25) is 9.59 Å². The van der Waals surface area contributed by atoms with Gasteiger partial charge in [-0.15, -0.1) is 0 Å². The van der Waals surface area contributed by atoms with Crippen molar-refractivity contribution in [3.63, 3.8) is 0 Å². The highest BCUT2D eigenvalue weighted by Gasteiger charge is 2.44. The molecule has 2 heterocycles. The Balaban J connectivity index is 2.08. The molecule has 0 aromatic heterocycles. The quantitative estimate of drug-likeness (QED) is 0.628. The lowest BCUT2D eigenvalue weighted by atomic mass is 9.87. The smallest absolute Gasteiger partial charge is 0.319 e. The molecular weight excluding hydrogens is 318 g/mol. The second-order valence-electron chi connectivity index (χ2n) is 5.35. The molecule has 0 saturated carbocycles. The number of carbonyl (C=O) groups is 2. The minimum atomic E-state index is -0.941. The van der Waals surface area contributed by atoms with Gasteiger partial charge < -0.3 is 29.0 Å². The van der Waals surface area contributed by atoms with E-state index in [1.807, 2.05) is 0 Å². The number of rotatable bonds is 5. The highest BCUT2D eigenvalue weighted by atomic mass is 16.7. The van der Waals surface area contributed by atoms with E-state index in [0.717, 1.165) is 0 Å². The van der Waals surface area contributed by atoms with E-state index in [1.165, 1.54) is 14.2 Å². The number of esters is 1. The van der Waals surface area contributed by atoms with Crippen molar-refractivity contribution >= 4 is 11.9 Å². The molecule has 1 N–H and O–H groups in total. The Bertz CT molecular complexity index is 673. The van der Waals surface area contributed by atoms with Gasteiger partial charge in [0.15, 0.2) is 11.5 Å². The zero-order valence-corrected chi connectivity index (χ0v) is 13.7. The summed E-state index contributed by atoms with van der Waals surface area (Å²) in [5.74, 6) is -0.582. The minimum Gasteiger partial charge on any atom is -0.492 e. The van der Waals surface area contributed by atoms with Gasteiger partial charge in [-0.1, -0.05) is 0 Å². The Labute approximate surface area is 139 Å². The van der Waals surface area contributed by atoms with E-state index in [-0.39, 0.29) is 19.3 Å². The van der Waals surface area contributed by atoms with Crippen molar-refractivity contribution in [2.45, 2.75) is 12.8 Å². The van der Waals surface area contributed by atoms with Crippen LogP contribution in [0.3, 0.4) is 0 Å². The average Bonchev–Trinajstić information content (AvgIpc) is 3.19. The molecular formula is C16H19NO7. The first kappa shape index (κ1) is 16.2. The first-order valence-corrected chi connectivity index (χ1v) is 7.61. The van der Waals surface area contributed by atoms with Gasteiger partial charge in [0.25, 0.3) is 0 Å². The van der Waals surface area contributed by atoms with Gasteiger partial charge in [0.2, 0.25) is 24.2 Å². The van der Waals surface area contributed by atoms with Crippen LogP contribution < -0.4 is 24.3 Å². The van der Waals surface area contributed by atoms with Gasteiger partial charge in [-0.05, 0) is 13.0 Å². The van der Waals surface area contributed by atoms with Crippen molar-refractivity contribution in [3.8, 4) is 23.0 Å². The fourth-order valence-electron chi connectivity index (χ4n) is 3.10. The molecule has 0 spiro atoms. The molecule has 0 aliphatic carbocycles. The van der Waals surface area contributed by atoms with E-state index in [0.29, 0.717) is 35.1 Å². The zero-order chi connectivity index (χ0) is 17.3. The van der Waals surface area contributed by atoms with Crippen molar-refractivity contribution in [1.29, 1.82) is 0 Å². The van der Waals surface area contributed by atoms with E-state index in [9.17, 15) is 9.59 Å². The first-order valence-electron chi connectivity index (χ1n) is 7.61. The summed E-state index contributed by atoms with van der Waals surface area (Å²) in [4.78, 5) is 24.3. The number of hydrogen-bond acceptors (Lipinski definition) is 7. The summed E-state index contributed by atoms with van der Waals surface area (Å²) in [6.45, 7) is 2.27. The van der Waals surface area contributed by atoms with Crippen LogP contribution in [0.1, 0.15) is 18.4 Å². The predicted molar refractivity (Wildman–Crippen MR) is 81.5 cm³/mol. The van der Waals surface area contributed by atoms with Gasteiger partial charge in [-0.25, -0.2) is 0 Å². The second kappa shape index (κ2) is 6.46. The Morgan fingerprint density at radius 2 is 2.04 bits per heavy atom. The average molecular weight is 337 g/mol. The maximum absolute atomic E-state index is 12.2. The lowest BCUT2D eigenvalue weighted by molar-refractivity contribution is -0.151. The van der Waals surface area contributed by atoms with Crippen LogP contribution in [-0.4, -0.2) is 46.0 Å². The van der Waals surface area contributed by atoms with E-state index >= 15 is 0 Å². The Kier molecular flexibility index (Phi) is 4.37. The largest absolute Gasteiger partial charge is 0.492 e. The molecule has 0 unspecified atom stereocenters. The van der Waals surface area contributed by atoms with Crippen molar-refractivity contribution in [2.24, 2.45) is 5.92 Å². The summed E-state index contributed by atoms with van der Waals surface area (Å²) < 4.78 is 26.8. The molecule has 8 heteroatoms. The third-order valence-electron chi connectivity index (χ3n) is 4.13. The molecule has 0 radical (unpaired) electrons. The lowest BCUT2D eigenvalue weighted by Crippen LogP contribution is -2.29. The number of fused-ring (bicyclic) bond motifs is 1. The predicted octanol–water partition coefficient (Wildman–Crippen LogP) is 0.825. The van der Waals surface area contributed by atoms with Crippen LogP contribution >= 0.6 is 0 Å². The Morgan fingerprint density at radius 1 is 1.29 bits per heavy atom. The number of carbonyl (C=O) groups excluding carboxylic acids is 2. The van der Waals surface area contributed by atoms with Crippen molar-refractivity contribution in [2.75, 3.05) is 34.2 Å². The van der Waals surface area contributed by atoms with Crippen molar-refractivity contribution < 1.29 is 33.3 Å². The highest BCUT2D eigenvalue weighted by molar-refractivity contribution is 6.01. The fraction of sp³-hybridized carbons (Fsp3) is 0.500. The fourth-order valence-corrected chi connectivity index (χ4v) is 3.10. The van der Waals surface area contributed by atoms with Crippen LogP contribution in [0.2, 0.25) is 0 Å². The second-order valence-corrected chi connectivity index (χ2v) is 5.35. The molecule has 24 heavy (non-hydrogen) atoms. The number of benzene rings is 1. The van der Waals surface area contributed by atoms with Gasteiger partial charge in [0.05, 0.1) is 20.8 Å². The summed E-state index contributed by atoms with van der Waals surface area (Å²) >= 11 is 0. The molecule has 2 atom stereocenters. The maximum atomic E-state index is 12.2. The van der Waals surface area contributed by atoms with Crippen LogP contribution in [0.4, 0.5) is 0 Å². The number of amides is 1. The molecule has 1 amide bonds. The molecule has 1 aromatic carbocycles. The van der Waals surface area contributed by atoms with Crippen LogP contribution in [-0.2, 0) is 14.3 Å². The van der Waals surface area contributed by atoms with Crippen molar-refractivity contribution in [3.05, 3.63) is 11.6 Å². The molecule has 8 nitrogen and oxygen atoms in total. The number of methoxy groups -OCH3 is 2. The molecule has 130 valence electrons. The summed E-state index contributed by atoms with van der Waals surface area (Å²) in [6, 6.07) is 1.72. The molecule has 2 aliphatic heterocycles. The van der Waals surface area contributed by atoms with Crippen LogP contribution in [0.25, 0.3) is 0 Å². The third-order valence-corrected chi connectivity index (χ3v) is 4.13. The van der Waals surface area contributed by atoms with E-state index in [1.54, 1.807) is 13.0 Å². The van der Waals surface area contributed by atoms with Crippen LogP contribution in [0, 0.1) is 5.92 Å². The summed E-state index contributed by atoms with van der Waals surface area (Å²) in [7, 11) is 2.98. The molecule has 1 saturated heterocycles. The van der Waals surface area contributed by atoms with E-state index in [4.69, 9.17) is 23.7 Å². The standard InChI is InChI=1S/C16H19NO7/c1-4-22-16(19)11-9(6-17-15(11)18)8-5-10-13(24-7-23-10)14(21-3)12(8)20-2/h5,9,11H,4,6-7H2,1-3H3,(H,17,18)/t9-,11+/m1/s1. The summed E-state index contributed by atoms with van der Waals surface area (Å²) in [5.41, 5.74) is 0.634. The van der Waals surface area contributed by atoms with Crippen molar-refractivity contribution in [1.82, 2.24) is 5.32 Å². The minimum absolute atomic E-state index is 0.0709. The lowest BCUT2D eigenvalue weighted by Gasteiger charge is -2.21. The SMILES string of the molecule is CCOC(=O)[C@@H]1C(=O)NC[C@@H]1c1cc2c(c(OC)c1OC)OCO2. The summed E-state index contributed by atoms with van der Waals surface area (Å²) in [6.07, 6.45) is 0. The molecule has 2 aliphatic rings.